The van der Waals surface area contributed by atoms with Crippen molar-refractivity contribution in [1.82, 2.24) is 10.6 Å². The zero-order valence-electron chi connectivity index (χ0n) is 17.3. The lowest BCUT2D eigenvalue weighted by Gasteiger charge is -2.34. The molecule has 4 rings (SSSR count). The molecule has 2 aromatic rings. The first-order valence-electron chi connectivity index (χ1n) is 10.3. The fourth-order valence-electron chi connectivity index (χ4n) is 4.26. The molecule has 0 bridgehead atoms. The number of fused-ring (bicyclic) bond motifs is 1. The van der Waals surface area contributed by atoms with E-state index in [9.17, 15) is 0 Å². The van der Waals surface area contributed by atoms with Gasteiger partial charge in [0.1, 0.15) is 0 Å². The highest BCUT2D eigenvalue weighted by Crippen LogP contribution is 2.29. The second-order valence-electron chi connectivity index (χ2n) is 7.73. The molecule has 1 unspecified atom stereocenters. The summed E-state index contributed by atoms with van der Waals surface area (Å²) in [7, 11) is 1.87. The largest absolute Gasteiger partial charge is 0.366 e. The molecule has 0 saturated carbocycles. The van der Waals surface area contributed by atoms with Gasteiger partial charge in [0.15, 0.2) is 5.96 Å². The van der Waals surface area contributed by atoms with Crippen LogP contribution in [-0.4, -0.2) is 51.3 Å². The Bertz CT molecular complexity index is 786. The highest BCUT2D eigenvalue weighted by molar-refractivity contribution is 14.0. The van der Waals surface area contributed by atoms with E-state index in [1.165, 1.54) is 16.3 Å². The minimum Gasteiger partial charge on any atom is -0.366 e. The van der Waals surface area contributed by atoms with Gasteiger partial charge in [0.2, 0.25) is 0 Å². The number of rotatable bonds is 5. The van der Waals surface area contributed by atoms with E-state index in [1.54, 1.807) is 0 Å². The highest BCUT2D eigenvalue weighted by atomic mass is 127. The fraction of sp³-hybridized carbons (Fsp3) is 0.500. The summed E-state index contributed by atoms with van der Waals surface area (Å²) in [4.78, 5) is 9.46. The molecule has 0 spiro atoms. The van der Waals surface area contributed by atoms with Crippen LogP contribution < -0.4 is 20.4 Å². The van der Waals surface area contributed by atoms with Crippen LogP contribution in [0.1, 0.15) is 25.3 Å². The minimum absolute atomic E-state index is 0. The van der Waals surface area contributed by atoms with Gasteiger partial charge < -0.3 is 20.4 Å². The number of nitrogens with zero attached hydrogens (tertiary/aromatic N) is 3. The van der Waals surface area contributed by atoms with Gasteiger partial charge >= 0.3 is 0 Å². The van der Waals surface area contributed by atoms with E-state index in [1.807, 2.05) is 18.4 Å². The molecule has 0 radical (unpaired) electrons. The van der Waals surface area contributed by atoms with E-state index in [0.29, 0.717) is 12.1 Å². The molecule has 2 aliphatic rings. The second kappa shape index (κ2) is 10.5. The standard InChI is InChI=1S/C22H31N5S.HI/c1-17(27-14-9-18-6-3-4-7-20(18)27)16-24-22(23-2)25-19-10-12-26(13-11-19)21-8-5-15-28-21;/h3-8,15,17,19H,9-14,16H2,1-2H3,(H2,23,24,25);1H. The Balaban J connectivity index is 0.00000240. The Labute approximate surface area is 195 Å². The van der Waals surface area contributed by atoms with Gasteiger partial charge in [-0.3, -0.25) is 4.99 Å². The van der Waals surface area contributed by atoms with Crippen molar-refractivity contribution >= 4 is 52.0 Å². The maximum absolute atomic E-state index is 4.46. The monoisotopic (exact) mass is 525 g/mol. The van der Waals surface area contributed by atoms with Crippen LogP contribution in [-0.2, 0) is 6.42 Å². The zero-order valence-corrected chi connectivity index (χ0v) is 20.5. The van der Waals surface area contributed by atoms with Crippen LogP contribution in [0.2, 0.25) is 0 Å². The normalized spacial score (nSPS) is 18.2. The molecule has 2 N–H and O–H groups in total. The van der Waals surface area contributed by atoms with E-state index in [0.717, 1.165) is 51.4 Å². The number of para-hydroxylation sites is 1. The van der Waals surface area contributed by atoms with Gasteiger partial charge in [-0.25, -0.2) is 0 Å². The summed E-state index contributed by atoms with van der Waals surface area (Å²) in [6.45, 7) is 6.51. The number of guanidine groups is 1. The van der Waals surface area contributed by atoms with Crippen LogP contribution >= 0.6 is 35.3 Å². The molecule has 3 heterocycles. The lowest BCUT2D eigenvalue weighted by molar-refractivity contribution is 0.461. The summed E-state index contributed by atoms with van der Waals surface area (Å²) in [6, 6.07) is 14.0. The lowest BCUT2D eigenvalue weighted by atomic mass is 10.1. The molecule has 1 aromatic heterocycles. The van der Waals surface area contributed by atoms with Crippen molar-refractivity contribution in [2.24, 2.45) is 4.99 Å². The topological polar surface area (TPSA) is 42.9 Å². The Morgan fingerprint density at radius 2 is 1.97 bits per heavy atom. The molecular formula is C22H32IN5S. The third-order valence-corrected chi connectivity index (χ3v) is 6.83. The number of hydrogen-bond acceptors (Lipinski definition) is 4. The summed E-state index contributed by atoms with van der Waals surface area (Å²) in [6.07, 6.45) is 3.44. The van der Waals surface area contributed by atoms with Gasteiger partial charge in [0.25, 0.3) is 0 Å². The van der Waals surface area contributed by atoms with Gasteiger partial charge in [0, 0.05) is 51.0 Å². The first-order valence-corrected chi connectivity index (χ1v) is 11.2. The summed E-state index contributed by atoms with van der Waals surface area (Å²) in [5.74, 6) is 0.925. The average Bonchev–Trinajstić information content (AvgIpc) is 3.41. The molecule has 1 atom stereocenters. The Morgan fingerprint density at radius 1 is 1.17 bits per heavy atom. The molecule has 1 aromatic carbocycles. The van der Waals surface area contributed by atoms with Crippen molar-refractivity contribution in [3.63, 3.8) is 0 Å². The molecule has 5 nitrogen and oxygen atoms in total. The third kappa shape index (κ3) is 5.36. The van der Waals surface area contributed by atoms with Crippen molar-refractivity contribution in [2.45, 2.75) is 38.3 Å². The van der Waals surface area contributed by atoms with Crippen LogP contribution in [0.3, 0.4) is 0 Å². The average molecular weight is 526 g/mol. The molecule has 29 heavy (non-hydrogen) atoms. The van der Waals surface area contributed by atoms with Gasteiger partial charge in [0.05, 0.1) is 5.00 Å². The Morgan fingerprint density at radius 3 is 2.69 bits per heavy atom. The van der Waals surface area contributed by atoms with Crippen LogP contribution in [0.25, 0.3) is 0 Å². The number of anilines is 2. The van der Waals surface area contributed by atoms with Crippen molar-refractivity contribution in [3.8, 4) is 0 Å². The van der Waals surface area contributed by atoms with E-state index in [2.05, 4.69) is 74.1 Å². The Kier molecular flexibility index (Phi) is 8.06. The maximum Gasteiger partial charge on any atom is 0.191 e. The van der Waals surface area contributed by atoms with Crippen molar-refractivity contribution in [2.75, 3.05) is 43.0 Å². The van der Waals surface area contributed by atoms with Crippen LogP contribution in [0.5, 0.6) is 0 Å². The molecule has 0 aliphatic carbocycles. The van der Waals surface area contributed by atoms with Gasteiger partial charge in [-0.05, 0) is 55.3 Å². The molecule has 7 heteroatoms. The zero-order chi connectivity index (χ0) is 19.3. The first-order chi connectivity index (χ1) is 13.7. The number of thiophene rings is 1. The quantitative estimate of drug-likeness (QED) is 0.353. The van der Waals surface area contributed by atoms with E-state index < -0.39 is 0 Å². The van der Waals surface area contributed by atoms with Crippen molar-refractivity contribution < 1.29 is 0 Å². The highest BCUT2D eigenvalue weighted by Gasteiger charge is 2.24. The van der Waals surface area contributed by atoms with Crippen LogP contribution in [0, 0.1) is 0 Å². The molecular weight excluding hydrogens is 493 g/mol. The van der Waals surface area contributed by atoms with E-state index >= 15 is 0 Å². The molecule has 158 valence electrons. The first kappa shape index (κ1) is 22.2. The van der Waals surface area contributed by atoms with E-state index in [-0.39, 0.29) is 24.0 Å². The number of halogens is 1. The predicted molar refractivity (Wildman–Crippen MR) is 136 cm³/mol. The Hall–Kier alpha value is -1.48. The number of benzene rings is 1. The van der Waals surface area contributed by atoms with Crippen LogP contribution in [0.4, 0.5) is 10.7 Å². The summed E-state index contributed by atoms with van der Waals surface area (Å²) in [5, 5.41) is 10.7. The molecule has 1 fully saturated rings. The molecule has 2 aliphatic heterocycles. The summed E-state index contributed by atoms with van der Waals surface area (Å²) >= 11 is 1.83. The molecule has 0 amide bonds. The summed E-state index contributed by atoms with van der Waals surface area (Å²) < 4.78 is 0. The predicted octanol–water partition coefficient (Wildman–Crippen LogP) is 3.95. The van der Waals surface area contributed by atoms with Gasteiger partial charge in [-0.1, -0.05) is 18.2 Å². The third-order valence-electron chi connectivity index (χ3n) is 5.90. The van der Waals surface area contributed by atoms with E-state index in [4.69, 9.17) is 0 Å². The fourth-order valence-corrected chi connectivity index (χ4v) is 5.04. The molecule has 1 saturated heterocycles. The SMILES string of the molecule is CN=C(NCC(C)N1CCc2ccccc21)NC1CCN(c2cccs2)CC1.I. The van der Waals surface area contributed by atoms with Crippen molar-refractivity contribution in [1.29, 1.82) is 0 Å². The second-order valence-corrected chi connectivity index (χ2v) is 8.66. The smallest absolute Gasteiger partial charge is 0.191 e. The number of hydrogen-bond donors (Lipinski definition) is 2. The number of aliphatic imine (C=N–C) groups is 1. The van der Waals surface area contributed by atoms with Gasteiger partial charge in [-0.2, -0.15) is 0 Å². The number of nitrogens with one attached hydrogen (secondary N) is 2. The maximum atomic E-state index is 4.46. The van der Waals surface area contributed by atoms with Crippen molar-refractivity contribution in [3.05, 3.63) is 47.3 Å². The lowest BCUT2D eigenvalue weighted by Crippen LogP contribution is -2.51. The van der Waals surface area contributed by atoms with Crippen LogP contribution in [0.15, 0.2) is 46.8 Å². The minimum atomic E-state index is 0. The number of piperidine rings is 1. The summed E-state index contributed by atoms with van der Waals surface area (Å²) in [5.41, 5.74) is 2.86. The van der Waals surface area contributed by atoms with Gasteiger partial charge in [-0.15, -0.1) is 35.3 Å².